The average molecular weight is 236 g/mol. The van der Waals surface area contributed by atoms with Gasteiger partial charge in [-0.15, -0.1) is 0 Å². The van der Waals surface area contributed by atoms with Crippen molar-refractivity contribution in [2.75, 3.05) is 0 Å². The summed E-state index contributed by atoms with van der Waals surface area (Å²) < 4.78 is 63.2. The molecule has 0 saturated heterocycles. The van der Waals surface area contributed by atoms with Gasteiger partial charge < -0.3 is 0 Å². The van der Waals surface area contributed by atoms with Gasteiger partial charge in [0.15, 0.2) is 17.3 Å². The fourth-order valence-electron chi connectivity index (χ4n) is 1.15. The van der Waals surface area contributed by atoms with Gasteiger partial charge in [0.1, 0.15) is 0 Å². The van der Waals surface area contributed by atoms with E-state index in [1.807, 2.05) is 0 Å². The lowest BCUT2D eigenvalue weighted by molar-refractivity contribution is -0.144. The topological polar surface area (TPSA) is 36.7 Å². The second kappa shape index (κ2) is 4.04. The van der Waals surface area contributed by atoms with Crippen molar-refractivity contribution in [3.63, 3.8) is 0 Å². The van der Waals surface area contributed by atoms with Gasteiger partial charge in [0.2, 0.25) is 0 Å². The molecule has 0 spiro atoms. The molecule has 2 nitrogen and oxygen atoms in total. The zero-order valence-electron chi connectivity index (χ0n) is 7.99. The molecule has 1 rings (SSSR count). The zero-order chi connectivity index (χ0) is 12.5. The van der Waals surface area contributed by atoms with E-state index in [2.05, 4.69) is 4.98 Å². The first-order chi connectivity index (χ1) is 7.29. The number of aromatic nitrogens is 1. The Morgan fingerprint density at radius 1 is 1.25 bits per heavy atom. The average Bonchev–Trinajstić information content (AvgIpc) is 2.16. The molecular formula is C9H5F5N2. The van der Waals surface area contributed by atoms with E-state index < -0.39 is 41.2 Å². The van der Waals surface area contributed by atoms with Gasteiger partial charge >= 0.3 is 6.18 Å². The minimum Gasteiger partial charge on any atom is -0.243 e. The molecule has 0 aliphatic rings. The number of hydrogen-bond acceptors (Lipinski definition) is 2. The van der Waals surface area contributed by atoms with Gasteiger partial charge in [0, 0.05) is 5.56 Å². The van der Waals surface area contributed by atoms with Gasteiger partial charge in [-0.25, -0.2) is 13.8 Å². The normalized spacial score (nSPS) is 11.3. The molecule has 0 aromatic carbocycles. The van der Waals surface area contributed by atoms with Crippen LogP contribution in [0.3, 0.4) is 0 Å². The van der Waals surface area contributed by atoms with Crippen LogP contribution < -0.4 is 0 Å². The lowest BCUT2D eigenvalue weighted by Gasteiger charge is -2.11. The zero-order valence-corrected chi connectivity index (χ0v) is 7.99. The smallest absolute Gasteiger partial charge is 0.243 e. The van der Waals surface area contributed by atoms with Crippen LogP contribution in [0.5, 0.6) is 0 Å². The van der Waals surface area contributed by atoms with Gasteiger partial charge in [-0.3, -0.25) is 0 Å². The molecule has 86 valence electrons. The summed E-state index contributed by atoms with van der Waals surface area (Å²) in [6.07, 6.45) is -5.78. The predicted molar refractivity (Wildman–Crippen MR) is 43.2 cm³/mol. The van der Waals surface area contributed by atoms with E-state index in [9.17, 15) is 22.0 Å². The van der Waals surface area contributed by atoms with Crippen molar-refractivity contribution >= 4 is 0 Å². The lowest BCUT2D eigenvalue weighted by Crippen LogP contribution is -2.16. The molecule has 0 radical (unpaired) electrons. The summed E-state index contributed by atoms with van der Waals surface area (Å²) in [6.45, 7) is 0.977. The van der Waals surface area contributed by atoms with Crippen molar-refractivity contribution in [3.05, 3.63) is 28.6 Å². The maximum atomic E-state index is 13.2. The second-order valence-corrected chi connectivity index (χ2v) is 2.98. The maximum absolute atomic E-state index is 13.2. The first kappa shape index (κ1) is 12.4. The molecule has 16 heavy (non-hydrogen) atoms. The van der Waals surface area contributed by atoms with Crippen LogP contribution in [0.15, 0.2) is 0 Å². The number of nitrogens with zero attached hydrogens (tertiary/aromatic N) is 2. The Kier molecular flexibility index (Phi) is 3.12. The molecule has 1 heterocycles. The third-order valence-electron chi connectivity index (χ3n) is 1.86. The van der Waals surface area contributed by atoms with Crippen LogP contribution in [0.25, 0.3) is 0 Å². The maximum Gasteiger partial charge on any atom is 0.436 e. The predicted octanol–water partition coefficient (Wildman–Crippen LogP) is 2.75. The summed E-state index contributed by atoms with van der Waals surface area (Å²) in [6, 6.07) is 1.40. The Balaban J connectivity index is 3.52. The summed E-state index contributed by atoms with van der Waals surface area (Å²) in [5.41, 5.74) is -3.28. The van der Waals surface area contributed by atoms with E-state index >= 15 is 0 Å². The van der Waals surface area contributed by atoms with Crippen LogP contribution in [-0.4, -0.2) is 4.98 Å². The number of alkyl halides is 3. The standard InChI is InChI=1S/C9H5F5N2/c1-4-6(10)5(2-3-15)7(11)8(16-4)9(12,13)14/h2H2,1H3. The van der Waals surface area contributed by atoms with Crippen LogP contribution in [0.4, 0.5) is 22.0 Å². The fraction of sp³-hybridized carbons (Fsp3) is 0.333. The molecular weight excluding hydrogens is 231 g/mol. The molecule has 1 aromatic heterocycles. The third-order valence-corrected chi connectivity index (χ3v) is 1.86. The van der Waals surface area contributed by atoms with E-state index in [-0.39, 0.29) is 0 Å². The first-order valence-corrected chi connectivity index (χ1v) is 4.07. The number of halogens is 5. The molecule has 0 saturated carbocycles. The van der Waals surface area contributed by atoms with Gasteiger partial charge in [0.05, 0.1) is 18.2 Å². The van der Waals surface area contributed by atoms with Crippen LogP contribution in [0, 0.1) is 29.9 Å². The van der Waals surface area contributed by atoms with Crippen LogP contribution >= 0.6 is 0 Å². The van der Waals surface area contributed by atoms with Crippen LogP contribution in [0.2, 0.25) is 0 Å². The number of pyridine rings is 1. The second-order valence-electron chi connectivity index (χ2n) is 2.98. The molecule has 0 fully saturated rings. The Morgan fingerprint density at radius 2 is 1.81 bits per heavy atom. The van der Waals surface area contributed by atoms with Gasteiger partial charge in [-0.05, 0) is 6.92 Å². The number of aryl methyl sites for hydroxylation is 1. The molecule has 0 unspecified atom stereocenters. The number of rotatable bonds is 1. The summed E-state index contributed by atoms with van der Waals surface area (Å²) in [5, 5.41) is 8.27. The minimum atomic E-state index is -5.01. The molecule has 0 bridgehead atoms. The Bertz CT molecular complexity index is 458. The SMILES string of the molecule is Cc1nc(C(F)(F)F)c(F)c(CC#N)c1F. The third kappa shape index (κ3) is 2.10. The van der Waals surface area contributed by atoms with Crippen molar-refractivity contribution in [1.82, 2.24) is 4.98 Å². The molecule has 0 N–H and O–H groups in total. The Morgan fingerprint density at radius 3 is 2.25 bits per heavy atom. The van der Waals surface area contributed by atoms with E-state index in [1.54, 1.807) is 0 Å². The van der Waals surface area contributed by atoms with Crippen molar-refractivity contribution in [2.24, 2.45) is 0 Å². The van der Waals surface area contributed by atoms with Gasteiger partial charge in [-0.2, -0.15) is 18.4 Å². The summed E-state index contributed by atoms with van der Waals surface area (Å²) in [5.74, 6) is -3.04. The molecule has 0 amide bonds. The van der Waals surface area contributed by atoms with E-state index in [0.717, 1.165) is 6.92 Å². The highest BCUT2D eigenvalue weighted by atomic mass is 19.4. The fourth-order valence-corrected chi connectivity index (χ4v) is 1.15. The Labute approximate surface area is 87.3 Å². The number of hydrogen-bond donors (Lipinski definition) is 0. The lowest BCUT2D eigenvalue weighted by atomic mass is 10.1. The van der Waals surface area contributed by atoms with Gasteiger partial charge in [0.25, 0.3) is 0 Å². The summed E-state index contributed by atoms with van der Waals surface area (Å²) >= 11 is 0. The molecule has 7 heteroatoms. The summed E-state index contributed by atoms with van der Waals surface area (Å²) in [4.78, 5) is 2.80. The van der Waals surface area contributed by atoms with Gasteiger partial charge in [-0.1, -0.05) is 0 Å². The van der Waals surface area contributed by atoms with E-state index in [1.165, 1.54) is 6.07 Å². The quantitative estimate of drug-likeness (QED) is 0.703. The van der Waals surface area contributed by atoms with Crippen molar-refractivity contribution < 1.29 is 22.0 Å². The highest BCUT2D eigenvalue weighted by molar-refractivity contribution is 5.29. The molecule has 0 atom stereocenters. The van der Waals surface area contributed by atoms with E-state index in [4.69, 9.17) is 5.26 Å². The van der Waals surface area contributed by atoms with Crippen molar-refractivity contribution in [1.29, 1.82) is 5.26 Å². The monoisotopic (exact) mass is 236 g/mol. The molecule has 0 aliphatic carbocycles. The molecule has 0 aliphatic heterocycles. The number of nitriles is 1. The van der Waals surface area contributed by atoms with Crippen LogP contribution in [0.1, 0.15) is 17.0 Å². The Hall–Kier alpha value is -1.71. The largest absolute Gasteiger partial charge is 0.436 e. The van der Waals surface area contributed by atoms with Crippen molar-refractivity contribution in [2.45, 2.75) is 19.5 Å². The van der Waals surface area contributed by atoms with E-state index in [0.29, 0.717) is 0 Å². The highest BCUT2D eigenvalue weighted by Gasteiger charge is 2.38. The van der Waals surface area contributed by atoms with Crippen molar-refractivity contribution in [3.8, 4) is 6.07 Å². The minimum absolute atomic E-state index is 0.584. The highest BCUT2D eigenvalue weighted by Crippen LogP contribution is 2.32. The molecule has 1 aromatic rings. The summed E-state index contributed by atoms with van der Waals surface area (Å²) in [7, 11) is 0. The van der Waals surface area contributed by atoms with Crippen LogP contribution in [-0.2, 0) is 12.6 Å². The first-order valence-electron chi connectivity index (χ1n) is 4.07.